The summed E-state index contributed by atoms with van der Waals surface area (Å²) in [7, 11) is 0. The zero-order chi connectivity index (χ0) is 15.0. The average molecular weight is 286 g/mol. The van der Waals surface area contributed by atoms with Crippen molar-refractivity contribution in [3.8, 4) is 0 Å². The molecule has 1 aromatic carbocycles. The van der Waals surface area contributed by atoms with Crippen molar-refractivity contribution < 1.29 is 23.1 Å². The van der Waals surface area contributed by atoms with Crippen LogP contribution in [0.2, 0.25) is 0 Å². The Morgan fingerprint density at radius 1 is 1.30 bits per heavy atom. The molecule has 0 unspecified atom stereocenters. The minimum atomic E-state index is -0.855. The molecule has 0 atom stereocenters. The fourth-order valence-corrected chi connectivity index (χ4v) is 1.43. The van der Waals surface area contributed by atoms with E-state index in [-0.39, 0.29) is 24.6 Å². The average Bonchev–Trinajstić information content (AvgIpc) is 2.38. The van der Waals surface area contributed by atoms with Crippen molar-refractivity contribution >= 4 is 17.7 Å². The standard InChI is InChI=1S/C13H16F2N2O3/c1-2-20-12(18)4-3-7-16-13(19)17-11-6-5-9(14)8-10(11)15/h5-6,8H,2-4,7H2,1H3,(H2,16,17,19). The molecule has 5 nitrogen and oxygen atoms in total. The molecule has 2 amide bonds. The number of urea groups is 1. The molecule has 0 aliphatic heterocycles. The van der Waals surface area contributed by atoms with Gasteiger partial charge in [-0.2, -0.15) is 0 Å². The third-order valence-corrected chi connectivity index (χ3v) is 2.33. The minimum absolute atomic E-state index is 0.116. The van der Waals surface area contributed by atoms with Crippen molar-refractivity contribution in [2.24, 2.45) is 0 Å². The monoisotopic (exact) mass is 286 g/mol. The van der Waals surface area contributed by atoms with E-state index >= 15 is 0 Å². The Balaban J connectivity index is 2.28. The molecule has 0 aliphatic carbocycles. The van der Waals surface area contributed by atoms with E-state index in [0.29, 0.717) is 19.1 Å². The number of hydrogen-bond donors (Lipinski definition) is 2. The molecular formula is C13H16F2N2O3. The molecule has 0 aromatic heterocycles. The number of ether oxygens (including phenoxy) is 1. The Morgan fingerprint density at radius 3 is 2.70 bits per heavy atom. The number of amides is 2. The Hall–Kier alpha value is -2.18. The second-order valence-corrected chi connectivity index (χ2v) is 3.91. The topological polar surface area (TPSA) is 67.4 Å². The first kappa shape index (κ1) is 15.9. The van der Waals surface area contributed by atoms with Crippen molar-refractivity contribution in [2.45, 2.75) is 19.8 Å². The first-order chi connectivity index (χ1) is 9.52. The number of halogens is 2. The van der Waals surface area contributed by atoms with Crippen LogP contribution in [0.3, 0.4) is 0 Å². The van der Waals surface area contributed by atoms with Crippen LogP contribution in [0.15, 0.2) is 18.2 Å². The lowest BCUT2D eigenvalue weighted by molar-refractivity contribution is -0.143. The van der Waals surface area contributed by atoms with Crippen LogP contribution in [0.4, 0.5) is 19.3 Å². The van der Waals surface area contributed by atoms with Gasteiger partial charge in [0, 0.05) is 19.0 Å². The zero-order valence-electron chi connectivity index (χ0n) is 11.0. The second-order valence-electron chi connectivity index (χ2n) is 3.91. The number of carbonyl (C=O) groups excluding carboxylic acids is 2. The number of esters is 1. The Morgan fingerprint density at radius 2 is 2.05 bits per heavy atom. The van der Waals surface area contributed by atoms with Gasteiger partial charge in [-0.15, -0.1) is 0 Å². The molecule has 0 bridgehead atoms. The van der Waals surface area contributed by atoms with Gasteiger partial charge in [-0.25, -0.2) is 13.6 Å². The van der Waals surface area contributed by atoms with Gasteiger partial charge in [0.1, 0.15) is 11.6 Å². The second kappa shape index (κ2) is 8.08. The van der Waals surface area contributed by atoms with Gasteiger partial charge in [-0.3, -0.25) is 4.79 Å². The first-order valence-electron chi connectivity index (χ1n) is 6.18. The third-order valence-electron chi connectivity index (χ3n) is 2.33. The number of nitrogens with one attached hydrogen (secondary N) is 2. The van der Waals surface area contributed by atoms with Crippen molar-refractivity contribution in [2.75, 3.05) is 18.5 Å². The maximum absolute atomic E-state index is 13.2. The highest BCUT2D eigenvalue weighted by Gasteiger charge is 2.07. The van der Waals surface area contributed by atoms with Crippen LogP contribution in [-0.4, -0.2) is 25.2 Å². The molecule has 20 heavy (non-hydrogen) atoms. The smallest absolute Gasteiger partial charge is 0.319 e. The Kier molecular flexibility index (Phi) is 6.42. The maximum atomic E-state index is 13.2. The van der Waals surface area contributed by atoms with Crippen molar-refractivity contribution in [1.82, 2.24) is 5.32 Å². The number of hydrogen-bond acceptors (Lipinski definition) is 3. The minimum Gasteiger partial charge on any atom is -0.466 e. The molecule has 2 N–H and O–H groups in total. The molecule has 0 spiro atoms. The molecule has 0 radical (unpaired) electrons. The van der Waals surface area contributed by atoms with E-state index in [1.165, 1.54) is 0 Å². The fraction of sp³-hybridized carbons (Fsp3) is 0.385. The van der Waals surface area contributed by atoms with Crippen molar-refractivity contribution in [3.05, 3.63) is 29.8 Å². The van der Waals surface area contributed by atoms with Gasteiger partial charge in [-0.05, 0) is 25.5 Å². The Labute approximate surface area is 115 Å². The van der Waals surface area contributed by atoms with Crippen LogP contribution in [0.5, 0.6) is 0 Å². The predicted molar refractivity (Wildman–Crippen MR) is 69.2 cm³/mol. The van der Waals surface area contributed by atoms with E-state index in [1.807, 2.05) is 0 Å². The van der Waals surface area contributed by atoms with Gasteiger partial charge in [0.25, 0.3) is 0 Å². The summed E-state index contributed by atoms with van der Waals surface area (Å²) in [6.45, 7) is 2.27. The Bertz CT molecular complexity index is 481. The van der Waals surface area contributed by atoms with Gasteiger partial charge < -0.3 is 15.4 Å². The summed E-state index contributed by atoms with van der Waals surface area (Å²) < 4.78 is 30.6. The molecule has 110 valence electrons. The van der Waals surface area contributed by atoms with E-state index in [1.54, 1.807) is 6.92 Å². The molecule has 0 fully saturated rings. The van der Waals surface area contributed by atoms with Crippen molar-refractivity contribution in [1.29, 1.82) is 0 Å². The zero-order valence-corrected chi connectivity index (χ0v) is 11.0. The number of benzene rings is 1. The van der Waals surface area contributed by atoms with Gasteiger partial charge >= 0.3 is 12.0 Å². The summed E-state index contributed by atoms with van der Waals surface area (Å²) in [5, 5.41) is 4.70. The van der Waals surface area contributed by atoms with Crippen LogP contribution in [0.25, 0.3) is 0 Å². The fourth-order valence-electron chi connectivity index (χ4n) is 1.43. The lowest BCUT2D eigenvalue weighted by Crippen LogP contribution is -2.30. The maximum Gasteiger partial charge on any atom is 0.319 e. The summed E-state index contributed by atoms with van der Waals surface area (Å²) >= 11 is 0. The van der Waals surface area contributed by atoms with Crippen LogP contribution in [-0.2, 0) is 9.53 Å². The van der Waals surface area contributed by atoms with Gasteiger partial charge in [-0.1, -0.05) is 0 Å². The van der Waals surface area contributed by atoms with Crippen LogP contribution in [0.1, 0.15) is 19.8 Å². The normalized spacial score (nSPS) is 9.95. The van der Waals surface area contributed by atoms with Gasteiger partial charge in [0.2, 0.25) is 0 Å². The number of rotatable bonds is 6. The van der Waals surface area contributed by atoms with E-state index < -0.39 is 17.7 Å². The number of anilines is 1. The van der Waals surface area contributed by atoms with Crippen LogP contribution in [0, 0.1) is 11.6 Å². The molecule has 0 saturated carbocycles. The van der Waals surface area contributed by atoms with Crippen LogP contribution >= 0.6 is 0 Å². The highest BCUT2D eigenvalue weighted by molar-refractivity contribution is 5.89. The van der Waals surface area contributed by atoms with Crippen molar-refractivity contribution in [3.63, 3.8) is 0 Å². The molecule has 0 heterocycles. The van der Waals surface area contributed by atoms with E-state index in [9.17, 15) is 18.4 Å². The summed E-state index contributed by atoms with van der Waals surface area (Å²) in [5.41, 5.74) is -0.116. The van der Waals surface area contributed by atoms with E-state index in [2.05, 4.69) is 10.6 Å². The van der Waals surface area contributed by atoms with E-state index in [4.69, 9.17) is 4.74 Å². The molecule has 0 saturated heterocycles. The van der Waals surface area contributed by atoms with Gasteiger partial charge in [0.15, 0.2) is 0 Å². The highest BCUT2D eigenvalue weighted by Crippen LogP contribution is 2.14. The first-order valence-corrected chi connectivity index (χ1v) is 6.18. The molecule has 0 aliphatic rings. The highest BCUT2D eigenvalue weighted by atomic mass is 19.1. The summed E-state index contributed by atoms with van der Waals surface area (Å²) in [6.07, 6.45) is 0.608. The third kappa shape index (κ3) is 5.64. The summed E-state index contributed by atoms with van der Waals surface area (Å²) in [5.74, 6) is -1.91. The lowest BCUT2D eigenvalue weighted by Gasteiger charge is -2.08. The van der Waals surface area contributed by atoms with Gasteiger partial charge in [0.05, 0.1) is 12.3 Å². The molecule has 1 aromatic rings. The molecular weight excluding hydrogens is 270 g/mol. The van der Waals surface area contributed by atoms with Crippen LogP contribution < -0.4 is 10.6 Å². The molecule has 1 rings (SSSR count). The summed E-state index contributed by atoms with van der Waals surface area (Å²) in [6, 6.07) is 2.22. The SMILES string of the molecule is CCOC(=O)CCCNC(=O)Nc1ccc(F)cc1F. The predicted octanol–water partition coefficient (Wildman–Crippen LogP) is 2.43. The molecule has 7 heteroatoms. The quantitative estimate of drug-likeness (QED) is 0.623. The largest absolute Gasteiger partial charge is 0.466 e. The van der Waals surface area contributed by atoms with E-state index in [0.717, 1.165) is 12.1 Å². The lowest BCUT2D eigenvalue weighted by atomic mass is 10.3. The number of carbonyl (C=O) groups is 2. The summed E-state index contributed by atoms with van der Waals surface area (Å²) in [4.78, 5) is 22.4.